The molecular weight excluding hydrogens is 274 g/mol. The Balaban J connectivity index is 2.11. The number of rotatable bonds is 3. The number of hydrogen-bond donors (Lipinski definition) is 0. The first kappa shape index (κ1) is 10.6. The average molecular weight is 284 g/mol. The van der Waals surface area contributed by atoms with Gasteiger partial charge in [-0.05, 0) is 30.7 Å². The summed E-state index contributed by atoms with van der Waals surface area (Å²) in [6.07, 6.45) is 0.945. The second kappa shape index (κ2) is 4.77. The fraction of sp³-hybridized carbons (Fsp3) is 0.182. The summed E-state index contributed by atoms with van der Waals surface area (Å²) in [5.74, 6) is 0.815. The Morgan fingerprint density at radius 1 is 1.33 bits per heavy atom. The molecule has 2 rings (SSSR count). The van der Waals surface area contributed by atoms with E-state index in [9.17, 15) is 0 Å². The summed E-state index contributed by atoms with van der Waals surface area (Å²) in [5, 5.41) is 2.72. The second-order valence-electron chi connectivity index (χ2n) is 3.01. The highest BCUT2D eigenvalue weighted by atomic mass is 79.9. The molecule has 0 N–H and O–H groups in total. The molecule has 2 aromatic rings. The van der Waals surface area contributed by atoms with Gasteiger partial charge in [0.15, 0.2) is 0 Å². The average Bonchev–Trinajstić information content (AvgIpc) is 2.69. The minimum atomic E-state index is 0.703. The normalized spacial score (nSPS) is 10.3. The van der Waals surface area contributed by atoms with Gasteiger partial charge < -0.3 is 4.74 Å². The van der Waals surface area contributed by atoms with Crippen molar-refractivity contribution in [2.45, 2.75) is 13.3 Å². The van der Waals surface area contributed by atoms with Gasteiger partial charge in [0.05, 0.1) is 5.69 Å². The number of thiazole rings is 1. The Hall–Kier alpha value is -0.870. The van der Waals surface area contributed by atoms with Gasteiger partial charge in [-0.3, -0.25) is 0 Å². The molecule has 0 saturated carbocycles. The van der Waals surface area contributed by atoms with Gasteiger partial charge in [0.1, 0.15) is 5.75 Å². The Kier molecular flexibility index (Phi) is 3.38. The highest BCUT2D eigenvalue weighted by Gasteiger charge is 2.02. The lowest BCUT2D eigenvalue weighted by Crippen LogP contribution is -1.84. The van der Waals surface area contributed by atoms with Gasteiger partial charge in [-0.2, -0.15) is 0 Å². The zero-order valence-corrected chi connectivity index (χ0v) is 10.6. The SMILES string of the molecule is CCc1csc(Oc2ccc(Br)cc2)n1. The molecule has 1 heterocycles. The van der Waals surface area contributed by atoms with E-state index in [4.69, 9.17) is 4.74 Å². The van der Waals surface area contributed by atoms with Gasteiger partial charge in [0.25, 0.3) is 5.19 Å². The number of halogens is 1. The van der Waals surface area contributed by atoms with Crippen molar-refractivity contribution in [1.29, 1.82) is 0 Å². The van der Waals surface area contributed by atoms with Gasteiger partial charge in [-0.15, -0.1) is 0 Å². The third-order valence-corrected chi connectivity index (χ3v) is 3.21. The molecule has 2 nitrogen and oxygen atoms in total. The molecule has 0 radical (unpaired) electrons. The Bertz CT molecular complexity index is 438. The van der Waals surface area contributed by atoms with Crippen molar-refractivity contribution in [3.05, 3.63) is 39.8 Å². The molecule has 4 heteroatoms. The Morgan fingerprint density at radius 2 is 2.07 bits per heavy atom. The van der Waals surface area contributed by atoms with E-state index >= 15 is 0 Å². The molecule has 0 aliphatic rings. The number of aromatic nitrogens is 1. The first-order valence-corrected chi connectivity index (χ1v) is 6.33. The quantitative estimate of drug-likeness (QED) is 0.840. The molecule has 0 unspecified atom stereocenters. The maximum absolute atomic E-state index is 5.60. The summed E-state index contributed by atoms with van der Waals surface area (Å²) in [4.78, 5) is 4.33. The molecule has 0 fully saturated rings. The van der Waals surface area contributed by atoms with Crippen molar-refractivity contribution >= 4 is 27.3 Å². The van der Waals surface area contributed by atoms with Crippen LogP contribution in [-0.4, -0.2) is 4.98 Å². The third kappa shape index (κ3) is 2.79. The summed E-state index contributed by atoms with van der Waals surface area (Å²) in [7, 11) is 0. The molecule has 78 valence electrons. The van der Waals surface area contributed by atoms with E-state index in [0.717, 1.165) is 22.3 Å². The minimum Gasteiger partial charge on any atom is -0.431 e. The van der Waals surface area contributed by atoms with Gasteiger partial charge >= 0.3 is 0 Å². The monoisotopic (exact) mass is 283 g/mol. The lowest BCUT2D eigenvalue weighted by Gasteiger charge is -2.00. The lowest BCUT2D eigenvalue weighted by molar-refractivity contribution is 0.477. The van der Waals surface area contributed by atoms with Crippen LogP contribution < -0.4 is 4.74 Å². The van der Waals surface area contributed by atoms with Crippen LogP contribution in [-0.2, 0) is 6.42 Å². The molecule has 1 aromatic heterocycles. The van der Waals surface area contributed by atoms with E-state index in [1.165, 1.54) is 11.3 Å². The van der Waals surface area contributed by atoms with E-state index < -0.39 is 0 Å². The van der Waals surface area contributed by atoms with Crippen LogP contribution in [0, 0.1) is 0 Å². The highest BCUT2D eigenvalue weighted by Crippen LogP contribution is 2.26. The van der Waals surface area contributed by atoms with Gasteiger partial charge in [-0.1, -0.05) is 34.2 Å². The zero-order chi connectivity index (χ0) is 10.7. The van der Waals surface area contributed by atoms with E-state index in [2.05, 4.69) is 27.8 Å². The molecule has 15 heavy (non-hydrogen) atoms. The maximum Gasteiger partial charge on any atom is 0.278 e. The molecule has 1 aromatic carbocycles. The number of aryl methyl sites for hydroxylation is 1. The van der Waals surface area contributed by atoms with Crippen LogP contribution in [0.2, 0.25) is 0 Å². The predicted octanol–water partition coefficient (Wildman–Crippen LogP) is 4.26. The molecule has 0 saturated heterocycles. The van der Waals surface area contributed by atoms with Crippen molar-refractivity contribution < 1.29 is 4.74 Å². The van der Waals surface area contributed by atoms with E-state index in [1.54, 1.807) is 0 Å². The van der Waals surface area contributed by atoms with Crippen molar-refractivity contribution in [1.82, 2.24) is 4.98 Å². The van der Waals surface area contributed by atoms with Crippen molar-refractivity contribution in [2.24, 2.45) is 0 Å². The number of nitrogens with zero attached hydrogens (tertiary/aromatic N) is 1. The fourth-order valence-corrected chi connectivity index (χ4v) is 2.14. The summed E-state index contributed by atoms with van der Waals surface area (Å²) < 4.78 is 6.65. The third-order valence-electron chi connectivity index (χ3n) is 1.91. The Morgan fingerprint density at radius 3 is 2.67 bits per heavy atom. The minimum absolute atomic E-state index is 0.703. The molecule has 0 atom stereocenters. The Labute approximate surface area is 101 Å². The van der Waals surface area contributed by atoms with Gasteiger partial charge in [-0.25, -0.2) is 4.98 Å². The van der Waals surface area contributed by atoms with Gasteiger partial charge in [0.2, 0.25) is 0 Å². The summed E-state index contributed by atoms with van der Waals surface area (Å²) in [6.45, 7) is 2.08. The summed E-state index contributed by atoms with van der Waals surface area (Å²) in [6, 6.07) is 7.72. The van der Waals surface area contributed by atoms with Crippen LogP contribution >= 0.6 is 27.3 Å². The predicted molar refractivity (Wildman–Crippen MR) is 65.7 cm³/mol. The number of benzene rings is 1. The van der Waals surface area contributed by atoms with E-state index in [0.29, 0.717) is 5.19 Å². The highest BCUT2D eigenvalue weighted by molar-refractivity contribution is 9.10. The van der Waals surface area contributed by atoms with E-state index in [-0.39, 0.29) is 0 Å². The second-order valence-corrected chi connectivity index (χ2v) is 4.75. The smallest absolute Gasteiger partial charge is 0.278 e. The van der Waals surface area contributed by atoms with Crippen molar-refractivity contribution in [3.8, 4) is 10.9 Å². The van der Waals surface area contributed by atoms with E-state index in [1.807, 2.05) is 29.6 Å². The fourth-order valence-electron chi connectivity index (χ4n) is 1.10. The van der Waals surface area contributed by atoms with Gasteiger partial charge in [0, 0.05) is 9.85 Å². The standard InChI is InChI=1S/C11H10BrNOS/c1-2-9-7-15-11(13-9)14-10-5-3-8(12)4-6-10/h3-7H,2H2,1H3. The van der Waals surface area contributed by atoms with Crippen LogP contribution in [0.3, 0.4) is 0 Å². The molecule has 0 aliphatic heterocycles. The number of hydrogen-bond acceptors (Lipinski definition) is 3. The number of ether oxygens (including phenoxy) is 1. The van der Waals surface area contributed by atoms with Crippen LogP contribution in [0.4, 0.5) is 0 Å². The maximum atomic E-state index is 5.60. The van der Waals surface area contributed by atoms with Crippen molar-refractivity contribution in [3.63, 3.8) is 0 Å². The first-order valence-electron chi connectivity index (χ1n) is 4.65. The molecule has 0 spiro atoms. The van der Waals surface area contributed by atoms with Crippen LogP contribution in [0.5, 0.6) is 10.9 Å². The molecule has 0 amide bonds. The summed E-state index contributed by atoms with van der Waals surface area (Å²) >= 11 is 4.91. The van der Waals surface area contributed by atoms with Crippen LogP contribution in [0.25, 0.3) is 0 Å². The molecule has 0 aliphatic carbocycles. The molecular formula is C11H10BrNOS. The first-order chi connectivity index (χ1) is 7.28. The van der Waals surface area contributed by atoms with Crippen LogP contribution in [0.15, 0.2) is 34.1 Å². The topological polar surface area (TPSA) is 22.1 Å². The summed E-state index contributed by atoms with van der Waals surface area (Å²) in [5.41, 5.74) is 1.08. The zero-order valence-electron chi connectivity index (χ0n) is 8.24. The van der Waals surface area contributed by atoms with Crippen LogP contribution in [0.1, 0.15) is 12.6 Å². The van der Waals surface area contributed by atoms with Crippen molar-refractivity contribution in [2.75, 3.05) is 0 Å². The lowest BCUT2D eigenvalue weighted by atomic mass is 10.3. The largest absolute Gasteiger partial charge is 0.431 e. The molecule has 0 bridgehead atoms.